The van der Waals surface area contributed by atoms with Gasteiger partial charge in [-0.15, -0.1) is 0 Å². The minimum atomic E-state index is -0.274. The van der Waals surface area contributed by atoms with Gasteiger partial charge in [-0.05, 0) is 24.7 Å². The molecule has 3 atom stereocenters. The summed E-state index contributed by atoms with van der Waals surface area (Å²) in [7, 11) is 0. The van der Waals surface area contributed by atoms with Gasteiger partial charge in [-0.25, -0.2) is 0 Å². The molecule has 3 fully saturated rings. The summed E-state index contributed by atoms with van der Waals surface area (Å²) in [5.74, 6) is 1.14. The molecule has 0 aromatic rings. The molecule has 2 saturated carbocycles. The highest BCUT2D eigenvalue weighted by atomic mass is 16.7. The van der Waals surface area contributed by atoms with E-state index in [1.807, 2.05) is 0 Å². The summed E-state index contributed by atoms with van der Waals surface area (Å²) >= 11 is 0. The number of hydrogen-bond donors (Lipinski definition) is 0. The molecular formula is C15H24O3. The van der Waals surface area contributed by atoms with Crippen LogP contribution in [0.3, 0.4) is 0 Å². The maximum atomic E-state index is 6.09. The van der Waals surface area contributed by atoms with Gasteiger partial charge < -0.3 is 14.2 Å². The lowest BCUT2D eigenvalue weighted by Gasteiger charge is -2.42. The summed E-state index contributed by atoms with van der Waals surface area (Å²) in [6.45, 7) is 9.68. The highest BCUT2D eigenvalue weighted by Crippen LogP contribution is 2.53. The molecule has 1 heterocycles. The van der Waals surface area contributed by atoms with E-state index in [1.165, 1.54) is 0 Å². The second-order valence-corrected chi connectivity index (χ2v) is 6.98. The first-order valence-electron chi connectivity index (χ1n) is 7.06. The molecule has 3 aliphatic rings. The van der Waals surface area contributed by atoms with Crippen molar-refractivity contribution in [3.8, 4) is 0 Å². The molecule has 2 aliphatic carbocycles. The van der Waals surface area contributed by atoms with Crippen molar-refractivity contribution in [3.63, 3.8) is 0 Å². The lowest BCUT2D eigenvalue weighted by Crippen LogP contribution is -2.46. The molecule has 18 heavy (non-hydrogen) atoms. The molecule has 0 aromatic heterocycles. The summed E-state index contributed by atoms with van der Waals surface area (Å²) in [6.07, 6.45) is 6.31. The second kappa shape index (κ2) is 4.24. The van der Waals surface area contributed by atoms with Crippen LogP contribution in [0.1, 0.15) is 39.5 Å². The Hall–Kier alpha value is -0.540. The lowest BCUT2D eigenvalue weighted by atomic mass is 9.94. The molecular weight excluding hydrogens is 228 g/mol. The fraction of sp³-hybridized carbons (Fsp3) is 0.867. The van der Waals surface area contributed by atoms with Crippen molar-refractivity contribution in [2.24, 2.45) is 17.3 Å². The van der Waals surface area contributed by atoms with Gasteiger partial charge >= 0.3 is 0 Å². The van der Waals surface area contributed by atoms with Crippen LogP contribution in [-0.4, -0.2) is 25.1 Å². The zero-order valence-corrected chi connectivity index (χ0v) is 11.5. The normalized spacial score (nSPS) is 40.7. The van der Waals surface area contributed by atoms with Gasteiger partial charge in [0.2, 0.25) is 0 Å². The minimum absolute atomic E-state index is 0.164. The van der Waals surface area contributed by atoms with Crippen LogP contribution in [0.2, 0.25) is 0 Å². The maximum absolute atomic E-state index is 6.09. The van der Waals surface area contributed by atoms with Crippen molar-refractivity contribution in [3.05, 3.63) is 12.8 Å². The molecule has 1 spiro atoms. The first-order chi connectivity index (χ1) is 8.52. The van der Waals surface area contributed by atoms with E-state index >= 15 is 0 Å². The van der Waals surface area contributed by atoms with Gasteiger partial charge in [0.05, 0.1) is 25.6 Å². The molecule has 102 valence electrons. The fourth-order valence-corrected chi connectivity index (χ4v) is 3.76. The highest BCUT2D eigenvalue weighted by Gasteiger charge is 2.53. The molecule has 3 heteroatoms. The van der Waals surface area contributed by atoms with E-state index < -0.39 is 0 Å². The van der Waals surface area contributed by atoms with Crippen LogP contribution in [0.4, 0.5) is 0 Å². The van der Waals surface area contributed by atoms with Crippen LogP contribution >= 0.6 is 0 Å². The Balaban J connectivity index is 1.60. The van der Waals surface area contributed by atoms with Crippen molar-refractivity contribution in [1.82, 2.24) is 0 Å². The van der Waals surface area contributed by atoms with E-state index in [0.29, 0.717) is 17.9 Å². The van der Waals surface area contributed by atoms with E-state index in [2.05, 4.69) is 20.4 Å². The average molecular weight is 252 g/mol. The standard InChI is InChI=1S/C15H24O3/c1-4-16-13-5-11-7-15(8-12(11)6-13)17-9-14(2,3)10-18-15/h4,11-13H,1,5-10H2,2-3H3/t11-,12+,13+. The van der Waals surface area contributed by atoms with Crippen LogP contribution in [-0.2, 0) is 14.2 Å². The minimum Gasteiger partial charge on any atom is -0.499 e. The van der Waals surface area contributed by atoms with E-state index in [9.17, 15) is 0 Å². The Bertz CT molecular complexity index is 311. The number of fused-ring (bicyclic) bond motifs is 1. The summed E-state index contributed by atoms with van der Waals surface area (Å²) in [6, 6.07) is 0. The fourth-order valence-electron chi connectivity index (χ4n) is 3.76. The first kappa shape index (κ1) is 12.5. The van der Waals surface area contributed by atoms with E-state index in [0.717, 1.165) is 38.9 Å². The van der Waals surface area contributed by atoms with Gasteiger partial charge in [-0.3, -0.25) is 0 Å². The maximum Gasteiger partial charge on any atom is 0.168 e. The second-order valence-electron chi connectivity index (χ2n) is 6.98. The van der Waals surface area contributed by atoms with Crippen molar-refractivity contribution in [2.45, 2.75) is 51.4 Å². The van der Waals surface area contributed by atoms with E-state index in [1.54, 1.807) is 6.26 Å². The Kier molecular flexibility index (Phi) is 2.94. The molecule has 1 saturated heterocycles. The van der Waals surface area contributed by atoms with Crippen LogP contribution < -0.4 is 0 Å². The third kappa shape index (κ3) is 2.19. The summed E-state index contributed by atoms with van der Waals surface area (Å²) in [4.78, 5) is 0. The van der Waals surface area contributed by atoms with Crippen LogP contribution in [0.25, 0.3) is 0 Å². The first-order valence-corrected chi connectivity index (χ1v) is 7.06. The Labute approximate surface area is 109 Å². The smallest absolute Gasteiger partial charge is 0.168 e. The van der Waals surface area contributed by atoms with Gasteiger partial charge in [-0.1, -0.05) is 20.4 Å². The summed E-state index contributed by atoms with van der Waals surface area (Å²) in [5, 5.41) is 0. The summed E-state index contributed by atoms with van der Waals surface area (Å²) in [5.41, 5.74) is 0.164. The molecule has 0 N–H and O–H groups in total. The van der Waals surface area contributed by atoms with Gasteiger partial charge in [0.25, 0.3) is 0 Å². The largest absolute Gasteiger partial charge is 0.499 e. The zero-order valence-electron chi connectivity index (χ0n) is 11.5. The van der Waals surface area contributed by atoms with E-state index in [4.69, 9.17) is 14.2 Å². The van der Waals surface area contributed by atoms with Crippen molar-refractivity contribution in [1.29, 1.82) is 0 Å². The predicted octanol–water partition coefficient (Wildman–Crippen LogP) is 3.10. The third-order valence-corrected chi connectivity index (χ3v) is 4.68. The van der Waals surface area contributed by atoms with Gasteiger partial charge in [0.1, 0.15) is 0 Å². The molecule has 0 radical (unpaired) electrons. The monoisotopic (exact) mass is 252 g/mol. The zero-order chi connectivity index (χ0) is 12.8. The Morgan fingerprint density at radius 2 is 1.67 bits per heavy atom. The Morgan fingerprint density at radius 1 is 1.11 bits per heavy atom. The van der Waals surface area contributed by atoms with Crippen molar-refractivity contribution >= 4 is 0 Å². The highest BCUT2D eigenvalue weighted by molar-refractivity contribution is 4.98. The van der Waals surface area contributed by atoms with Crippen LogP contribution in [0, 0.1) is 17.3 Å². The number of rotatable bonds is 2. The topological polar surface area (TPSA) is 27.7 Å². The molecule has 3 rings (SSSR count). The number of ether oxygens (including phenoxy) is 3. The molecule has 0 bridgehead atoms. The molecule has 0 amide bonds. The SMILES string of the molecule is C=CO[C@H]1C[C@@H]2CC3(C[C@@H]2C1)OCC(C)(C)CO3. The van der Waals surface area contributed by atoms with E-state index in [-0.39, 0.29) is 11.2 Å². The van der Waals surface area contributed by atoms with Crippen molar-refractivity contribution in [2.75, 3.05) is 13.2 Å². The van der Waals surface area contributed by atoms with Gasteiger partial charge in [-0.2, -0.15) is 0 Å². The van der Waals surface area contributed by atoms with Crippen molar-refractivity contribution < 1.29 is 14.2 Å². The third-order valence-electron chi connectivity index (χ3n) is 4.68. The quantitative estimate of drug-likeness (QED) is 0.707. The number of hydrogen-bond acceptors (Lipinski definition) is 3. The van der Waals surface area contributed by atoms with Crippen LogP contribution in [0.5, 0.6) is 0 Å². The average Bonchev–Trinajstić information content (AvgIpc) is 2.79. The molecule has 3 nitrogen and oxygen atoms in total. The van der Waals surface area contributed by atoms with Gasteiger partial charge in [0.15, 0.2) is 5.79 Å². The molecule has 0 unspecified atom stereocenters. The predicted molar refractivity (Wildman–Crippen MR) is 68.9 cm³/mol. The van der Waals surface area contributed by atoms with Gasteiger partial charge in [0, 0.05) is 18.3 Å². The lowest BCUT2D eigenvalue weighted by molar-refractivity contribution is -0.297. The molecule has 1 aliphatic heterocycles. The molecule has 0 aromatic carbocycles. The Morgan fingerprint density at radius 3 is 2.17 bits per heavy atom. The summed E-state index contributed by atoms with van der Waals surface area (Å²) < 4.78 is 17.7. The van der Waals surface area contributed by atoms with Crippen LogP contribution in [0.15, 0.2) is 12.8 Å².